The van der Waals surface area contributed by atoms with Gasteiger partial charge in [-0.25, -0.2) is 4.39 Å². The lowest BCUT2D eigenvalue weighted by Crippen LogP contribution is -2.40. The third-order valence-electron chi connectivity index (χ3n) is 4.03. The van der Waals surface area contributed by atoms with Gasteiger partial charge in [-0.15, -0.1) is 0 Å². The number of carbonyl (C=O) groups is 1. The van der Waals surface area contributed by atoms with E-state index >= 15 is 0 Å². The zero-order chi connectivity index (χ0) is 15.7. The first-order valence-corrected chi connectivity index (χ1v) is 7.21. The van der Waals surface area contributed by atoms with E-state index in [1.165, 1.54) is 6.07 Å². The Morgan fingerprint density at radius 2 is 2.05 bits per heavy atom. The van der Waals surface area contributed by atoms with Crippen LogP contribution in [0.4, 0.5) is 4.39 Å². The monoisotopic (exact) mass is 305 g/mol. The Hall–Kier alpha value is -2.21. The molecule has 116 valence electrons. The van der Waals surface area contributed by atoms with E-state index in [1.807, 2.05) is 0 Å². The molecule has 0 unspecified atom stereocenters. The smallest absolute Gasteiger partial charge is 0.287 e. The van der Waals surface area contributed by atoms with Gasteiger partial charge in [-0.3, -0.25) is 9.59 Å². The zero-order valence-corrected chi connectivity index (χ0v) is 11.9. The molecular weight excluding hydrogens is 289 g/mol. The van der Waals surface area contributed by atoms with E-state index in [0.717, 1.165) is 31.0 Å². The lowest BCUT2D eigenvalue weighted by Gasteiger charge is -2.22. The highest BCUT2D eigenvalue weighted by Crippen LogP contribution is 2.28. The lowest BCUT2D eigenvalue weighted by atomic mass is 10.0. The fraction of sp³-hybridized carbons (Fsp3) is 0.375. The highest BCUT2D eigenvalue weighted by Gasteiger charge is 2.31. The number of amides is 1. The Kier molecular flexibility index (Phi) is 3.70. The van der Waals surface area contributed by atoms with Crippen LogP contribution in [0, 0.1) is 5.82 Å². The van der Waals surface area contributed by atoms with Crippen LogP contribution in [-0.2, 0) is 0 Å². The maximum absolute atomic E-state index is 13.2. The van der Waals surface area contributed by atoms with Gasteiger partial charge in [0.05, 0.1) is 11.0 Å². The van der Waals surface area contributed by atoms with E-state index < -0.39 is 22.8 Å². The fourth-order valence-electron chi connectivity index (χ4n) is 2.78. The Bertz CT molecular complexity index is 777. The van der Waals surface area contributed by atoms with Crippen LogP contribution in [0.1, 0.15) is 36.2 Å². The van der Waals surface area contributed by atoms with Gasteiger partial charge in [-0.05, 0) is 25.0 Å². The Balaban J connectivity index is 1.83. The molecule has 1 amide bonds. The normalized spacial score (nSPS) is 16.8. The molecule has 1 aliphatic carbocycles. The number of carbonyl (C=O) groups excluding carboxylic acids is 1. The molecule has 0 atom stereocenters. The molecule has 0 spiro atoms. The average Bonchev–Trinajstić information content (AvgIpc) is 2.91. The van der Waals surface area contributed by atoms with Gasteiger partial charge in [-0.2, -0.15) is 0 Å². The molecule has 1 heterocycles. The van der Waals surface area contributed by atoms with Gasteiger partial charge in [0.25, 0.3) is 5.91 Å². The zero-order valence-electron chi connectivity index (χ0n) is 11.9. The van der Waals surface area contributed by atoms with Crippen LogP contribution in [0.2, 0.25) is 0 Å². The number of hydrogen-bond donors (Lipinski definition) is 2. The van der Waals surface area contributed by atoms with Crippen molar-refractivity contribution in [3.05, 3.63) is 46.1 Å². The fourth-order valence-corrected chi connectivity index (χ4v) is 2.78. The van der Waals surface area contributed by atoms with Crippen LogP contribution in [0.3, 0.4) is 0 Å². The molecule has 1 aromatic carbocycles. The molecule has 1 fully saturated rings. The summed E-state index contributed by atoms with van der Waals surface area (Å²) in [6.07, 6.45) is 3.13. The number of nitrogens with one attached hydrogen (secondary N) is 1. The summed E-state index contributed by atoms with van der Waals surface area (Å²) in [7, 11) is 0. The van der Waals surface area contributed by atoms with Crippen molar-refractivity contribution < 1.29 is 18.7 Å². The molecule has 1 aliphatic rings. The Morgan fingerprint density at radius 3 is 2.77 bits per heavy atom. The van der Waals surface area contributed by atoms with Crippen molar-refractivity contribution >= 4 is 16.9 Å². The highest BCUT2D eigenvalue weighted by molar-refractivity contribution is 5.93. The van der Waals surface area contributed by atoms with Gasteiger partial charge >= 0.3 is 0 Å². The summed E-state index contributed by atoms with van der Waals surface area (Å²) in [5.74, 6) is -1.33. The standard InChI is InChI=1S/C16H16FNO4/c17-10-3-4-11-12(19)8-14(22-13(11)7-10)15(20)18-9-16(21)5-1-2-6-16/h3-4,7-8,21H,1-2,5-6,9H2,(H,18,20). The molecule has 0 radical (unpaired) electrons. The van der Waals surface area contributed by atoms with Crippen molar-refractivity contribution in [2.45, 2.75) is 31.3 Å². The maximum Gasteiger partial charge on any atom is 0.287 e. The largest absolute Gasteiger partial charge is 0.451 e. The number of aliphatic hydroxyl groups is 1. The van der Waals surface area contributed by atoms with Crippen molar-refractivity contribution in [3.63, 3.8) is 0 Å². The molecule has 3 rings (SSSR count). The number of hydrogen-bond acceptors (Lipinski definition) is 4. The van der Waals surface area contributed by atoms with Crippen LogP contribution < -0.4 is 10.7 Å². The SMILES string of the molecule is O=C(NCC1(O)CCCC1)c1cc(=O)c2ccc(F)cc2o1. The topological polar surface area (TPSA) is 79.5 Å². The predicted octanol–water partition coefficient (Wildman–Crippen LogP) is 1.97. The minimum atomic E-state index is -0.890. The minimum Gasteiger partial charge on any atom is -0.451 e. The maximum atomic E-state index is 13.2. The predicted molar refractivity (Wildman–Crippen MR) is 78.2 cm³/mol. The number of fused-ring (bicyclic) bond motifs is 1. The molecule has 0 bridgehead atoms. The van der Waals surface area contributed by atoms with Crippen molar-refractivity contribution in [2.75, 3.05) is 6.54 Å². The molecule has 5 nitrogen and oxygen atoms in total. The summed E-state index contributed by atoms with van der Waals surface area (Å²) in [5.41, 5.74) is -1.28. The quantitative estimate of drug-likeness (QED) is 0.908. The van der Waals surface area contributed by atoms with E-state index in [2.05, 4.69) is 5.32 Å². The van der Waals surface area contributed by atoms with E-state index in [4.69, 9.17) is 4.42 Å². The van der Waals surface area contributed by atoms with E-state index in [1.54, 1.807) is 0 Å². The Labute approximate surface area is 125 Å². The lowest BCUT2D eigenvalue weighted by molar-refractivity contribution is 0.0444. The summed E-state index contributed by atoms with van der Waals surface area (Å²) in [6.45, 7) is 0.108. The third kappa shape index (κ3) is 2.87. The van der Waals surface area contributed by atoms with Gasteiger partial charge in [0.2, 0.25) is 0 Å². The van der Waals surface area contributed by atoms with Crippen molar-refractivity contribution in [1.29, 1.82) is 0 Å². The Morgan fingerprint density at radius 1 is 1.32 bits per heavy atom. The second kappa shape index (κ2) is 5.53. The molecular formula is C16H16FNO4. The van der Waals surface area contributed by atoms with Gasteiger partial charge in [0.1, 0.15) is 11.4 Å². The summed E-state index contributed by atoms with van der Waals surface area (Å²) in [5, 5.41) is 13.0. The van der Waals surface area contributed by atoms with Gasteiger partial charge < -0.3 is 14.8 Å². The first kappa shape index (κ1) is 14.7. The average molecular weight is 305 g/mol. The summed E-state index contributed by atoms with van der Waals surface area (Å²) in [6, 6.07) is 4.63. The highest BCUT2D eigenvalue weighted by atomic mass is 19.1. The minimum absolute atomic E-state index is 0.0252. The second-order valence-corrected chi connectivity index (χ2v) is 5.73. The molecule has 1 saturated carbocycles. The molecule has 0 saturated heterocycles. The molecule has 2 aromatic rings. The van der Waals surface area contributed by atoms with Crippen LogP contribution in [0.25, 0.3) is 11.0 Å². The van der Waals surface area contributed by atoms with Crippen LogP contribution in [0.15, 0.2) is 33.5 Å². The van der Waals surface area contributed by atoms with Crippen molar-refractivity contribution in [1.82, 2.24) is 5.32 Å². The molecule has 0 aliphatic heterocycles. The molecule has 2 N–H and O–H groups in total. The number of benzene rings is 1. The van der Waals surface area contributed by atoms with Gasteiger partial charge in [0, 0.05) is 18.7 Å². The van der Waals surface area contributed by atoms with Crippen molar-refractivity contribution in [2.24, 2.45) is 0 Å². The first-order chi connectivity index (χ1) is 10.5. The molecule has 1 aromatic heterocycles. The summed E-state index contributed by atoms with van der Waals surface area (Å²) in [4.78, 5) is 24.0. The summed E-state index contributed by atoms with van der Waals surface area (Å²) >= 11 is 0. The van der Waals surface area contributed by atoms with E-state index in [9.17, 15) is 19.1 Å². The van der Waals surface area contributed by atoms with Gasteiger partial charge in [-0.1, -0.05) is 12.8 Å². The number of halogens is 1. The molecule has 22 heavy (non-hydrogen) atoms. The van der Waals surface area contributed by atoms with Gasteiger partial charge in [0.15, 0.2) is 11.2 Å². The van der Waals surface area contributed by atoms with Crippen molar-refractivity contribution in [3.8, 4) is 0 Å². The second-order valence-electron chi connectivity index (χ2n) is 5.73. The summed E-state index contributed by atoms with van der Waals surface area (Å²) < 4.78 is 18.5. The first-order valence-electron chi connectivity index (χ1n) is 7.21. The number of rotatable bonds is 3. The van der Waals surface area contributed by atoms with E-state index in [0.29, 0.717) is 12.8 Å². The van der Waals surface area contributed by atoms with Crippen LogP contribution in [-0.4, -0.2) is 23.2 Å². The third-order valence-corrected chi connectivity index (χ3v) is 4.03. The molecule has 6 heteroatoms. The van der Waals surface area contributed by atoms with E-state index in [-0.39, 0.29) is 23.3 Å². The van der Waals surface area contributed by atoms with Crippen LogP contribution in [0.5, 0.6) is 0 Å². The van der Waals surface area contributed by atoms with Crippen LogP contribution >= 0.6 is 0 Å².